The van der Waals surface area contributed by atoms with E-state index in [0.29, 0.717) is 12.8 Å². The highest BCUT2D eigenvalue weighted by Gasteiger charge is 2.46. The van der Waals surface area contributed by atoms with Gasteiger partial charge in [-0.25, -0.2) is 0 Å². The van der Waals surface area contributed by atoms with Crippen molar-refractivity contribution < 1.29 is 18.3 Å². The summed E-state index contributed by atoms with van der Waals surface area (Å²) in [5.41, 5.74) is 4.42. The quantitative estimate of drug-likeness (QED) is 0.799. The molecule has 2 unspecified atom stereocenters. The summed E-state index contributed by atoms with van der Waals surface area (Å²) < 4.78 is 38.4. The van der Waals surface area contributed by atoms with E-state index in [9.17, 15) is 18.3 Å². The number of hydrogen-bond donors (Lipinski definition) is 2. The second-order valence-corrected chi connectivity index (χ2v) is 5.19. The normalized spacial score (nSPS) is 24.0. The van der Waals surface area contributed by atoms with Gasteiger partial charge in [0, 0.05) is 12.6 Å². The number of aliphatic hydroxyl groups is 1. The van der Waals surface area contributed by atoms with Crippen LogP contribution in [0.15, 0.2) is 0 Å². The molecular weight excluding hydrogens is 233 g/mol. The average Bonchev–Trinajstić information content (AvgIpc) is 2.47. The zero-order chi connectivity index (χ0) is 13.3. The summed E-state index contributed by atoms with van der Waals surface area (Å²) >= 11 is 0. The minimum absolute atomic E-state index is 0.0265. The van der Waals surface area contributed by atoms with Gasteiger partial charge >= 0.3 is 6.18 Å². The van der Waals surface area contributed by atoms with Gasteiger partial charge in [-0.05, 0) is 26.8 Å². The Hall–Kier alpha value is -0.330. The fourth-order valence-corrected chi connectivity index (χ4v) is 2.70. The molecule has 17 heavy (non-hydrogen) atoms. The molecule has 1 fully saturated rings. The van der Waals surface area contributed by atoms with E-state index in [4.69, 9.17) is 5.73 Å². The molecule has 1 saturated carbocycles. The molecule has 1 rings (SSSR count). The van der Waals surface area contributed by atoms with Gasteiger partial charge in [0.25, 0.3) is 0 Å². The lowest BCUT2D eigenvalue weighted by Crippen LogP contribution is -2.56. The molecule has 0 heterocycles. The summed E-state index contributed by atoms with van der Waals surface area (Å²) in [6.45, 7) is 1.37. The summed E-state index contributed by atoms with van der Waals surface area (Å²) in [5.74, 6) is 0. The molecule has 2 atom stereocenters. The fourth-order valence-electron chi connectivity index (χ4n) is 2.70. The average molecular weight is 254 g/mol. The van der Waals surface area contributed by atoms with Gasteiger partial charge in [-0.15, -0.1) is 0 Å². The first-order valence-corrected chi connectivity index (χ1v) is 5.91. The van der Waals surface area contributed by atoms with Gasteiger partial charge in [-0.3, -0.25) is 4.90 Å². The number of alkyl halides is 3. The second-order valence-electron chi connectivity index (χ2n) is 5.19. The summed E-state index contributed by atoms with van der Waals surface area (Å²) in [6, 6.07) is -2.71. The minimum atomic E-state index is -4.36. The van der Waals surface area contributed by atoms with Crippen LogP contribution in [0.1, 0.15) is 32.6 Å². The van der Waals surface area contributed by atoms with Crippen LogP contribution in [0.3, 0.4) is 0 Å². The highest BCUT2D eigenvalue weighted by atomic mass is 19.4. The van der Waals surface area contributed by atoms with Crippen LogP contribution in [0.5, 0.6) is 0 Å². The predicted octanol–water partition coefficient (Wildman–Crippen LogP) is 1.50. The molecule has 0 radical (unpaired) electrons. The van der Waals surface area contributed by atoms with Crippen molar-refractivity contribution in [3.05, 3.63) is 0 Å². The zero-order valence-corrected chi connectivity index (χ0v) is 10.3. The first kappa shape index (κ1) is 14.7. The molecule has 0 bridgehead atoms. The number of hydrogen-bond acceptors (Lipinski definition) is 3. The Balaban J connectivity index is 2.69. The number of nitrogens with zero attached hydrogens (tertiary/aromatic N) is 1. The summed E-state index contributed by atoms with van der Waals surface area (Å²) in [7, 11) is 1.37. The number of rotatable bonds is 4. The Labute approximate surface area is 99.8 Å². The summed E-state index contributed by atoms with van der Waals surface area (Å²) in [6.07, 6.45) is -1.47. The van der Waals surface area contributed by atoms with Crippen LogP contribution in [0.2, 0.25) is 0 Å². The molecule has 0 aromatic carbocycles. The van der Waals surface area contributed by atoms with Gasteiger partial charge < -0.3 is 10.8 Å². The molecule has 1 aliphatic rings. The van der Waals surface area contributed by atoms with Crippen molar-refractivity contribution in [2.75, 3.05) is 13.6 Å². The molecule has 0 aromatic rings. The van der Waals surface area contributed by atoms with Crippen LogP contribution in [-0.4, -0.2) is 47.5 Å². The maximum absolute atomic E-state index is 12.8. The van der Waals surface area contributed by atoms with E-state index in [1.54, 1.807) is 0 Å². The first-order chi connectivity index (χ1) is 7.66. The van der Waals surface area contributed by atoms with Gasteiger partial charge in [-0.2, -0.15) is 13.2 Å². The molecule has 0 saturated heterocycles. The van der Waals surface area contributed by atoms with Crippen molar-refractivity contribution in [1.82, 2.24) is 4.90 Å². The lowest BCUT2D eigenvalue weighted by molar-refractivity contribution is -0.190. The minimum Gasteiger partial charge on any atom is -0.389 e. The molecule has 3 nitrogen and oxygen atoms in total. The largest absolute Gasteiger partial charge is 0.405 e. The lowest BCUT2D eigenvalue weighted by atomic mass is 9.99. The van der Waals surface area contributed by atoms with Crippen molar-refractivity contribution in [2.45, 2.75) is 56.5 Å². The predicted molar refractivity (Wildman–Crippen MR) is 59.5 cm³/mol. The first-order valence-electron chi connectivity index (χ1n) is 5.91. The SMILES string of the molecule is CC(N)C(N(C)CC1(O)CCCC1)C(F)(F)F. The standard InChI is InChI=1S/C11H21F3N2O/c1-8(15)9(11(12,13)14)16(2)7-10(17)5-3-4-6-10/h8-9,17H,3-7,15H2,1-2H3. The van der Waals surface area contributed by atoms with E-state index in [-0.39, 0.29) is 6.54 Å². The molecule has 0 aliphatic heterocycles. The fraction of sp³-hybridized carbons (Fsp3) is 1.00. The Morgan fingerprint density at radius 3 is 2.18 bits per heavy atom. The monoisotopic (exact) mass is 254 g/mol. The van der Waals surface area contributed by atoms with Crippen molar-refractivity contribution in [2.24, 2.45) is 5.73 Å². The molecule has 1 aliphatic carbocycles. The van der Waals surface area contributed by atoms with Crippen LogP contribution < -0.4 is 5.73 Å². The van der Waals surface area contributed by atoms with Gasteiger partial charge in [0.1, 0.15) is 6.04 Å². The van der Waals surface area contributed by atoms with Crippen LogP contribution in [0, 0.1) is 0 Å². The van der Waals surface area contributed by atoms with E-state index in [1.165, 1.54) is 14.0 Å². The third-order valence-electron chi connectivity index (χ3n) is 3.39. The van der Waals surface area contributed by atoms with Gasteiger partial charge in [0.15, 0.2) is 0 Å². The highest BCUT2D eigenvalue weighted by molar-refractivity contribution is 4.92. The summed E-state index contributed by atoms with van der Waals surface area (Å²) in [5, 5.41) is 10.1. The van der Waals surface area contributed by atoms with E-state index in [1.807, 2.05) is 0 Å². The van der Waals surface area contributed by atoms with E-state index < -0.39 is 23.9 Å². The number of likely N-dealkylation sites (N-methyl/N-ethyl adjacent to an activating group) is 1. The number of nitrogens with two attached hydrogens (primary N) is 1. The van der Waals surface area contributed by atoms with Gasteiger partial charge in [0.2, 0.25) is 0 Å². The second kappa shape index (κ2) is 5.12. The van der Waals surface area contributed by atoms with Crippen molar-refractivity contribution in [3.63, 3.8) is 0 Å². The van der Waals surface area contributed by atoms with Crippen molar-refractivity contribution >= 4 is 0 Å². The third-order valence-corrected chi connectivity index (χ3v) is 3.39. The number of halogens is 3. The van der Waals surface area contributed by atoms with Gasteiger partial charge in [-0.1, -0.05) is 12.8 Å². The van der Waals surface area contributed by atoms with Crippen LogP contribution in [0.4, 0.5) is 13.2 Å². The highest BCUT2D eigenvalue weighted by Crippen LogP contribution is 2.33. The van der Waals surface area contributed by atoms with E-state index in [0.717, 1.165) is 17.7 Å². The molecule has 0 spiro atoms. The maximum Gasteiger partial charge on any atom is 0.405 e. The molecule has 0 amide bonds. The van der Waals surface area contributed by atoms with E-state index >= 15 is 0 Å². The van der Waals surface area contributed by atoms with Crippen molar-refractivity contribution in [1.29, 1.82) is 0 Å². The zero-order valence-electron chi connectivity index (χ0n) is 10.3. The molecule has 0 aromatic heterocycles. The Kier molecular flexibility index (Phi) is 4.43. The topological polar surface area (TPSA) is 49.5 Å². The molecule has 102 valence electrons. The Morgan fingerprint density at radius 2 is 1.82 bits per heavy atom. The van der Waals surface area contributed by atoms with E-state index in [2.05, 4.69) is 0 Å². The molecule has 6 heteroatoms. The lowest BCUT2D eigenvalue weighted by Gasteiger charge is -2.37. The Morgan fingerprint density at radius 1 is 1.35 bits per heavy atom. The third kappa shape index (κ3) is 3.82. The summed E-state index contributed by atoms with van der Waals surface area (Å²) in [4.78, 5) is 1.13. The molecule has 3 N–H and O–H groups in total. The van der Waals surface area contributed by atoms with Crippen LogP contribution in [-0.2, 0) is 0 Å². The van der Waals surface area contributed by atoms with Crippen LogP contribution in [0.25, 0.3) is 0 Å². The maximum atomic E-state index is 12.8. The van der Waals surface area contributed by atoms with Crippen LogP contribution >= 0.6 is 0 Å². The van der Waals surface area contributed by atoms with Gasteiger partial charge in [0.05, 0.1) is 5.60 Å². The Bertz CT molecular complexity index is 250. The smallest absolute Gasteiger partial charge is 0.389 e. The van der Waals surface area contributed by atoms with Crippen molar-refractivity contribution in [3.8, 4) is 0 Å². The molecular formula is C11H21F3N2O.